The number of nitrogens with zero attached hydrogens (tertiary/aromatic N) is 3. The van der Waals surface area contributed by atoms with Crippen molar-refractivity contribution < 1.29 is 9.59 Å². The first kappa shape index (κ1) is 16.7. The molecule has 1 aliphatic carbocycles. The molecule has 0 spiro atoms. The molecule has 0 fully saturated rings. The van der Waals surface area contributed by atoms with Crippen molar-refractivity contribution in [1.82, 2.24) is 9.78 Å². The van der Waals surface area contributed by atoms with Crippen LogP contribution in [0.25, 0.3) is 11.3 Å². The molecule has 0 atom stereocenters. The van der Waals surface area contributed by atoms with Crippen molar-refractivity contribution >= 4 is 34.2 Å². The van der Waals surface area contributed by atoms with Gasteiger partial charge in [-0.05, 0) is 35.7 Å². The van der Waals surface area contributed by atoms with Crippen LogP contribution in [0.4, 0.5) is 10.7 Å². The summed E-state index contributed by atoms with van der Waals surface area (Å²) < 4.78 is 1.79. The van der Waals surface area contributed by atoms with E-state index < -0.39 is 0 Å². The van der Waals surface area contributed by atoms with Gasteiger partial charge in [0.25, 0.3) is 0 Å². The number of hydrogen-bond donors (Lipinski definition) is 0. The van der Waals surface area contributed by atoms with Crippen molar-refractivity contribution in [2.24, 2.45) is 7.05 Å². The monoisotopic (exact) mass is 365 g/mol. The average molecular weight is 365 g/mol. The van der Waals surface area contributed by atoms with E-state index in [4.69, 9.17) is 0 Å². The Hall–Kier alpha value is -2.73. The molecule has 4 rings (SSSR count). The van der Waals surface area contributed by atoms with Crippen molar-refractivity contribution in [2.75, 3.05) is 4.90 Å². The van der Waals surface area contributed by atoms with E-state index in [0.717, 1.165) is 28.4 Å². The zero-order chi connectivity index (χ0) is 18.6. The first-order valence-electron chi connectivity index (χ1n) is 8.37. The van der Waals surface area contributed by atoms with Gasteiger partial charge in [0, 0.05) is 23.6 Å². The van der Waals surface area contributed by atoms with Crippen LogP contribution in [0.1, 0.15) is 42.4 Å². The molecule has 6 heteroatoms. The Morgan fingerprint density at radius 1 is 1.19 bits per heavy atom. The van der Waals surface area contributed by atoms with E-state index in [1.165, 1.54) is 11.3 Å². The summed E-state index contributed by atoms with van der Waals surface area (Å²) in [5, 5.41) is 7.34. The topological polar surface area (TPSA) is 55.2 Å². The molecule has 5 nitrogen and oxygen atoms in total. The molecule has 0 bridgehead atoms. The number of carbonyl (C=O) groups is 2. The summed E-state index contributed by atoms with van der Waals surface area (Å²) in [5.41, 5.74) is 4.31. The van der Waals surface area contributed by atoms with E-state index in [9.17, 15) is 9.59 Å². The highest BCUT2D eigenvalue weighted by molar-refractivity contribution is 7.14. The number of hydrogen-bond acceptors (Lipinski definition) is 4. The van der Waals surface area contributed by atoms with Crippen LogP contribution in [0, 0.1) is 0 Å². The second-order valence-corrected chi connectivity index (χ2v) is 8.36. The van der Waals surface area contributed by atoms with E-state index in [1.54, 1.807) is 15.6 Å². The molecular formula is C20H19N3O2S. The van der Waals surface area contributed by atoms with Crippen LogP contribution in [0.5, 0.6) is 0 Å². The van der Waals surface area contributed by atoms with E-state index >= 15 is 0 Å². The average Bonchev–Trinajstić information content (AvgIpc) is 3.28. The molecule has 3 aromatic rings. The van der Waals surface area contributed by atoms with Gasteiger partial charge in [-0.15, -0.1) is 11.3 Å². The predicted molar refractivity (Wildman–Crippen MR) is 103 cm³/mol. The Morgan fingerprint density at radius 3 is 2.58 bits per heavy atom. The normalized spacial score (nSPS) is 12.8. The molecular weight excluding hydrogens is 346 g/mol. The third-order valence-electron chi connectivity index (χ3n) is 4.61. The van der Waals surface area contributed by atoms with Gasteiger partial charge in [-0.1, -0.05) is 20.8 Å². The number of ketones is 1. The lowest BCUT2D eigenvalue weighted by molar-refractivity contribution is -0.106. The summed E-state index contributed by atoms with van der Waals surface area (Å²) in [4.78, 5) is 26.3. The standard InChI is InChI=1S/C20H19N3O2S/c1-20(2,3)19-16-17(22(4)21-19)13-8-7-12(10-14(13)18(16)25)23(11-24)15-6-5-9-26-15/h5-11H,1-4H3. The van der Waals surface area contributed by atoms with Gasteiger partial charge in [0.15, 0.2) is 5.78 Å². The third kappa shape index (κ3) is 2.33. The number of amides is 1. The van der Waals surface area contributed by atoms with Crippen LogP contribution in [-0.4, -0.2) is 22.0 Å². The minimum atomic E-state index is -0.225. The molecule has 0 aliphatic heterocycles. The van der Waals surface area contributed by atoms with Crippen LogP contribution in [-0.2, 0) is 17.3 Å². The van der Waals surface area contributed by atoms with E-state index in [-0.39, 0.29) is 11.2 Å². The minimum Gasteiger partial charge on any atom is -0.288 e. The highest BCUT2D eigenvalue weighted by atomic mass is 32.1. The van der Waals surface area contributed by atoms with Crippen molar-refractivity contribution in [1.29, 1.82) is 0 Å². The zero-order valence-electron chi connectivity index (χ0n) is 15.1. The smallest absolute Gasteiger partial charge is 0.219 e. The van der Waals surface area contributed by atoms with Crippen LogP contribution < -0.4 is 4.90 Å². The highest BCUT2D eigenvalue weighted by Gasteiger charge is 2.37. The molecule has 0 radical (unpaired) electrons. The summed E-state index contributed by atoms with van der Waals surface area (Å²) in [7, 11) is 1.87. The van der Waals surface area contributed by atoms with Gasteiger partial charge in [0.05, 0.1) is 22.6 Å². The quantitative estimate of drug-likeness (QED) is 0.509. The fraction of sp³-hybridized carbons (Fsp3) is 0.250. The van der Waals surface area contributed by atoms with E-state index in [2.05, 4.69) is 25.9 Å². The maximum absolute atomic E-state index is 13.2. The fourth-order valence-corrected chi connectivity index (χ4v) is 4.15. The van der Waals surface area contributed by atoms with Crippen LogP contribution >= 0.6 is 11.3 Å². The molecule has 132 valence electrons. The SMILES string of the molecule is Cn1nc(C(C)(C)C)c2c1-c1ccc(N(C=O)c3cccs3)cc1C2=O. The van der Waals surface area contributed by atoms with Gasteiger partial charge in [-0.3, -0.25) is 19.2 Å². The van der Waals surface area contributed by atoms with Gasteiger partial charge in [-0.25, -0.2) is 0 Å². The number of aromatic nitrogens is 2. The zero-order valence-corrected chi connectivity index (χ0v) is 15.9. The number of aryl methyl sites for hydroxylation is 1. The van der Waals surface area contributed by atoms with Crippen molar-refractivity contribution in [2.45, 2.75) is 26.2 Å². The van der Waals surface area contributed by atoms with Gasteiger partial charge in [0.1, 0.15) is 5.00 Å². The molecule has 2 heterocycles. The Labute approximate surface area is 155 Å². The molecule has 2 aromatic heterocycles. The lowest BCUT2D eigenvalue weighted by Crippen LogP contribution is -2.17. The Kier molecular flexibility index (Phi) is 3.63. The maximum Gasteiger partial charge on any atom is 0.219 e. The first-order chi connectivity index (χ1) is 12.3. The Balaban J connectivity index is 1.86. The first-order valence-corrected chi connectivity index (χ1v) is 9.25. The van der Waals surface area contributed by atoms with Crippen LogP contribution in [0.2, 0.25) is 0 Å². The number of anilines is 2. The number of rotatable bonds is 3. The second-order valence-electron chi connectivity index (χ2n) is 7.43. The summed E-state index contributed by atoms with van der Waals surface area (Å²) >= 11 is 1.48. The lowest BCUT2D eigenvalue weighted by atomic mass is 9.88. The second kappa shape index (κ2) is 5.64. The number of thiophene rings is 1. The fourth-order valence-electron chi connectivity index (χ4n) is 3.43. The predicted octanol–water partition coefficient (Wildman–Crippen LogP) is 4.29. The van der Waals surface area contributed by atoms with Gasteiger partial charge < -0.3 is 0 Å². The number of carbonyl (C=O) groups excluding carboxylic acids is 2. The van der Waals surface area contributed by atoms with E-state index in [1.807, 2.05) is 36.7 Å². The van der Waals surface area contributed by atoms with Crippen molar-refractivity contribution in [3.05, 3.63) is 52.5 Å². The van der Waals surface area contributed by atoms with Crippen LogP contribution in [0.15, 0.2) is 35.7 Å². The molecule has 1 aliphatic rings. The van der Waals surface area contributed by atoms with Crippen molar-refractivity contribution in [3.8, 4) is 11.3 Å². The summed E-state index contributed by atoms with van der Waals surface area (Å²) in [6.45, 7) is 6.17. The van der Waals surface area contributed by atoms with Gasteiger partial charge in [0.2, 0.25) is 6.41 Å². The van der Waals surface area contributed by atoms with Crippen molar-refractivity contribution in [3.63, 3.8) is 0 Å². The summed E-state index contributed by atoms with van der Waals surface area (Å²) in [6, 6.07) is 9.36. The molecule has 1 amide bonds. The summed E-state index contributed by atoms with van der Waals surface area (Å²) in [6.07, 6.45) is 0.780. The van der Waals surface area contributed by atoms with Gasteiger partial charge in [-0.2, -0.15) is 5.10 Å². The number of benzene rings is 1. The maximum atomic E-state index is 13.2. The molecule has 0 saturated carbocycles. The largest absolute Gasteiger partial charge is 0.288 e. The highest BCUT2D eigenvalue weighted by Crippen LogP contribution is 2.43. The third-order valence-corrected chi connectivity index (χ3v) is 5.48. The van der Waals surface area contributed by atoms with Crippen LogP contribution in [0.3, 0.4) is 0 Å². The number of fused-ring (bicyclic) bond motifs is 3. The molecule has 0 N–H and O–H groups in total. The summed E-state index contributed by atoms with van der Waals surface area (Å²) in [5.74, 6) is -0.0214. The molecule has 0 saturated heterocycles. The molecule has 26 heavy (non-hydrogen) atoms. The molecule has 0 unspecified atom stereocenters. The minimum absolute atomic E-state index is 0.0214. The molecule has 1 aromatic carbocycles. The Bertz CT molecular complexity index is 1030. The Morgan fingerprint density at radius 2 is 1.96 bits per heavy atom. The lowest BCUT2D eigenvalue weighted by Gasteiger charge is -2.17. The van der Waals surface area contributed by atoms with E-state index in [0.29, 0.717) is 16.8 Å². The van der Waals surface area contributed by atoms with Gasteiger partial charge >= 0.3 is 0 Å².